The van der Waals surface area contributed by atoms with Gasteiger partial charge in [-0.25, -0.2) is 0 Å². The fourth-order valence-electron chi connectivity index (χ4n) is 2.18. The largest absolute Gasteiger partial charge is 0.378 e. The first-order chi connectivity index (χ1) is 8.81. The van der Waals surface area contributed by atoms with Crippen molar-refractivity contribution < 1.29 is 4.74 Å². The maximum Gasteiger partial charge on any atom is 0.0642 e. The highest BCUT2D eigenvalue weighted by Gasteiger charge is 2.14. The molecule has 0 atom stereocenters. The van der Waals surface area contributed by atoms with Crippen LogP contribution in [0.25, 0.3) is 0 Å². The van der Waals surface area contributed by atoms with Crippen LogP contribution < -0.4 is 10.2 Å². The molecule has 3 nitrogen and oxygen atoms in total. The van der Waals surface area contributed by atoms with E-state index in [9.17, 15) is 0 Å². The molecule has 0 unspecified atom stereocenters. The molecule has 1 aliphatic heterocycles. The number of nitrogens with one attached hydrogen (secondary N) is 1. The number of anilines is 1. The molecule has 0 radical (unpaired) electrons. The maximum absolute atomic E-state index is 5.42. The van der Waals surface area contributed by atoms with Crippen molar-refractivity contribution in [3.63, 3.8) is 0 Å². The van der Waals surface area contributed by atoms with E-state index in [0.717, 1.165) is 43.9 Å². The Morgan fingerprint density at radius 1 is 1.33 bits per heavy atom. The summed E-state index contributed by atoms with van der Waals surface area (Å²) < 4.78 is 6.56. The summed E-state index contributed by atoms with van der Waals surface area (Å²) in [7, 11) is 0. The summed E-state index contributed by atoms with van der Waals surface area (Å²) in [5, 5.41) is 3.48. The second kappa shape index (κ2) is 7.12. The Labute approximate surface area is 118 Å². The van der Waals surface area contributed by atoms with Gasteiger partial charge < -0.3 is 15.0 Å². The first-order valence-corrected chi connectivity index (χ1v) is 7.42. The third-order valence-electron chi connectivity index (χ3n) is 3.14. The highest BCUT2D eigenvalue weighted by Crippen LogP contribution is 2.26. The number of nitrogens with zero attached hydrogens (tertiary/aromatic N) is 1. The average Bonchev–Trinajstić information content (AvgIpc) is 2.41. The molecule has 0 saturated carbocycles. The average molecular weight is 313 g/mol. The van der Waals surface area contributed by atoms with Gasteiger partial charge in [0.1, 0.15) is 0 Å². The standard InChI is InChI=1S/C14H21BrN2O/c1-2-5-16-11-12-3-4-13(15)10-14(12)17-6-8-18-9-7-17/h3-4,10,16H,2,5-9,11H2,1H3. The van der Waals surface area contributed by atoms with Gasteiger partial charge in [0.15, 0.2) is 0 Å². The third-order valence-corrected chi connectivity index (χ3v) is 3.63. The van der Waals surface area contributed by atoms with Crippen LogP contribution in [0, 0.1) is 0 Å². The van der Waals surface area contributed by atoms with E-state index in [1.54, 1.807) is 0 Å². The Morgan fingerprint density at radius 3 is 2.83 bits per heavy atom. The summed E-state index contributed by atoms with van der Waals surface area (Å²) in [5.41, 5.74) is 2.70. The predicted octanol–water partition coefficient (Wildman–Crippen LogP) is 2.79. The van der Waals surface area contributed by atoms with Crippen LogP contribution in [0.5, 0.6) is 0 Å². The third kappa shape index (κ3) is 3.70. The second-order valence-electron chi connectivity index (χ2n) is 4.55. The highest BCUT2D eigenvalue weighted by atomic mass is 79.9. The number of morpholine rings is 1. The van der Waals surface area contributed by atoms with E-state index in [-0.39, 0.29) is 0 Å². The maximum atomic E-state index is 5.42. The van der Waals surface area contributed by atoms with Crippen LogP contribution in [0.1, 0.15) is 18.9 Å². The van der Waals surface area contributed by atoms with Gasteiger partial charge in [-0.2, -0.15) is 0 Å². The molecule has 0 amide bonds. The van der Waals surface area contributed by atoms with Crippen LogP contribution in [0.3, 0.4) is 0 Å². The summed E-state index contributed by atoms with van der Waals surface area (Å²) in [4.78, 5) is 2.41. The molecule has 1 aromatic rings. The molecule has 1 fully saturated rings. The molecule has 0 aromatic heterocycles. The van der Waals surface area contributed by atoms with E-state index in [2.05, 4.69) is 51.3 Å². The van der Waals surface area contributed by atoms with E-state index in [1.165, 1.54) is 17.7 Å². The molecule has 1 saturated heterocycles. The summed E-state index contributed by atoms with van der Waals surface area (Å²) in [6.45, 7) is 7.82. The van der Waals surface area contributed by atoms with Crippen molar-refractivity contribution >= 4 is 21.6 Å². The molecule has 2 rings (SSSR count). The van der Waals surface area contributed by atoms with Crippen LogP contribution in [0.4, 0.5) is 5.69 Å². The lowest BCUT2D eigenvalue weighted by Crippen LogP contribution is -2.37. The number of hydrogen-bond donors (Lipinski definition) is 1. The fraction of sp³-hybridized carbons (Fsp3) is 0.571. The minimum Gasteiger partial charge on any atom is -0.378 e. The van der Waals surface area contributed by atoms with Gasteiger partial charge in [0, 0.05) is 29.8 Å². The van der Waals surface area contributed by atoms with Crippen LogP contribution in [-0.4, -0.2) is 32.8 Å². The number of rotatable bonds is 5. The molecule has 18 heavy (non-hydrogen) atoms. The van der Waals surface area contributed by atoms with Crippen molar-refractivity contribution in [2.75, 3.05) is 37.7 Å². The summed E-state index contributed by atoms with van der Waals surface area (Å²) in [6, 6.07) is 6.54. The van der Waals surface area contributed by atoms with Gasteiger partial charge in [0.25, 0.3) is 0 Å². The number of ether oxygens (including phenoxy) is 1. The molecule has 0 spiro atoms. The van der Waals surface area contributed by atoms with E-state index in [1.807, 2.05) is 0 Å². The van der Waals surface area contributed by atoms with Crippen LogP contribution in [0.2, 0.25) is 0 Å². The van der Waals surface area contributed by atoms with Crippen molar-refractivity contribution in [1.82, 2.24) is 5.32 Å². The lowest BCUT2D eigenvalue weighted by molar-refractivity contribution is 0.122. The molecule has 0 aliphatic carbocycles. The lowest BCUT2D eigenvalue weighted by atomic mass is 10.1. The zero-order valence-electron chi connectivity index (χ0n) is 10.9. The van der Waals surface area contributed by atoms with Crippen LogP contribution >= 0.6 is 15.9 Å². The highest BCUT2D eigenvalue weighted by molar-refractivity contribution is 9.10. The first-order valence-electron chi connectivity index (χ1n) is 6.63. The van der Waals surface area contributed by atoms with Gasteiger partial charge in [-0.05, 0) is 30.7 Å². The first kappa shape index (κ1) is 13.8. The topological polar surface area (TPSA) is 24.5 Å². The molecule has 0 bridgehead atoms. The molecule has 1 N–H and O–H groups in total. The number of halogens is 1. The molecule has 100 valence electrons. The summed E-state index contributed by atoms with van der Waals surface area (Å²) in [6.07, 6.45) is 1.17. The van der Waals surface area contributed by atoms with Gasteiger partial charge >= 0.3 is 0 Å². The minimum atomic E-state index is 0.828. The SMILES string of the molecule is CCCNCc1ccc(Br)cc1N1CCOCC1. The molecule has 1 heterocycles. The van der Waals surface area contributed by atoms with Crippen molar-refractivity contribution in [2.24, 2.45) is 0 Å². The molecule has 1 aromatic carbocycles. The normalized spacial score (nSPS) is 16.0. The molecular weight excluding hydrogens is 292 g/mol. The number of hydrogen-bond acceptors (Lipinski definition) is 3. The predicted molar refractivity (Wildman–Crippen MR) is 79.2 cm³/mol. The Bertz CT molecular complexity index is 378. The summed E-state index contributed by atoms with van der Waals surface area (Å²) in [5.74, 6) is 0. The van der Waals surface area contributed by atoms with Crippen LogP contribution in [0.15, 0.2) is 22.7 Å². The minimum absolute atomic E-state index is 0.828. The second-order valence-corrected chi connectivity index (χ2v) is 5.46. The van der Waals surface area contributed by atoms with Crippen LogP contribution in [-0.2, 0) is 11.3 Å². The summed E-state index contributed by atoms with van der Waals surface area (Å²) >= 11 is 3.57. The van der Waals surface area contributed by atoms with Crippen molar-refractivity contribution in [3.8, 4) is 0 Å². The Hall–Kier alpha value is -0.580. The van der Waals surface area contributed by atoms with E-state index in [0.29, 0.717) is 0 Å². The van der Waals surface area contributed by atoms with Crippen molar-refractivity contribution in [3.05, 3.63) is 28.2 Å². The smallest absolute Gasteiger partial charge is 0.0642 e. The van der Waals surface area contributed by atoms with E-state index >= 15 is 0 Å². The zero-order valence-corrected chi connectivity index (χ0v) is 12.5. The van der Waals surface area contributed by atoms with E-state index < -0.39 is 0 Å². The Morgan fingerprint density at radius 2 is 2.11 bits per heavy atom. The molecule has 1 aliphatic rings. The fourth-order valence-corrected chi connectivity index (χ4v) is 2.53. The van der Waals surface area contributed by atoms with Crippen molar-refractivity contribution in [2.45, 2.75) is 19.9 Å². The number of benzene rings is 1. The van der Waals surface area contributed by atoms with Gasteiger partial charge in [0.2, 0.25) is 0 Å². The quantitative estimate of drug-likeness (QED) is 0.846. The van der Waals surface area contributed by atoms with Crippen molar-refractivity contribution in [1.29, 1.82) is 0 Å². The monoisotopic (exact) mass is 312 g/mol. The molecular formula is C14H21BrN2O. The van der Waals surface area contributed by atoms with Gasteiger partial charge in [0.05, 0.1) is 13.2 Å². The Kier molecular flexibility index (Phi) is 5.47. The Balaban J connectivity index is 2.11. The van der Waals surface area contributed by atoms with Gasteiger partial charge in [-0.3, -0.25) is 0 Å². The van der Waals surface area contributed by atoms with Gasteiger partial charge in [-0.15, -0.1) is 0 Å². The zero-order chi connectivity index (χ0) is 12.8. The lowest BCUT2D eigenvalue weighted by Gasteiger charge is -2.31. The van der Waals surface area contributed by atoms with Gasteiger partial charge in [-0.1, -0.05) is 28.9 Å². The molecule has 4 heteroatoms. The van der Waals surface area contributed by atoms with E-state index in [4.69, 9.17) is 4.74 Å².